The Morgan fingerprint density at radius 1 is 1.17 bits per heavy atom. The van der Waals surface area contributed by atoms with Gasteiger partial charge in [-0.1, -0.05) is 41.3 Å². The van der Waals surface area contributed by atoms with Crippen LogP contribution in [0.15, 0.2) is 46.1 Å². The molecule has 0 saturated carbocycles. The predicted molar refractivity (Wildman–Crippen MR) is 97.1 cm³/mol. The first-order valence-electron chi connectivity index (χ1n) is 7.05. The highest BCUT2D eigenvalue weighted by atomic mass is 32.2. The number of thioether (sulfide) groups is 1. The van der Waals surface area contributed by atoms with Crippen molar-refractivity contribution in [2.75, 3.05) is 11.9 Å². The highest BCUT2D eigenvalue weighted by molar-refractivity contribution is 8.00. The minimum absolute atomic E-state index is 0.687. The van der Waals surface area contributed by atoms with Crippen molar-refractivity contribution in [2.45, 2.75) is 16.5 Å². The summed E-state index contributed by atoms with van der Waals surface area (Å²) in [5, 5.41) is 23.4. The Morgan fingerprint density at radius 3 is 2.78 bits per heavy atom. The fraction of sp³-hybridized carbons (Fsp3) is 0.188. The van der Waals surface area contributed by atoms with Gasteiger partial charge in [-0.3, -0.25) is 0 Å². The van der Waals surface area contributed by atoms with E-state index < -0.39 is 0 Å². The second kappa shape index (κ2) is 8.11. The van der Waals surface area contributed by atoms with Gasteiger partial charge in [0.2, 0.25) is 5.13 Å². The van der Waals surface area contributed by atoms with Crippen LogP contribution in [0, 0.1) is 11.3 Å². The Kier molecular flexibility index (Phi) is 5.64. The minimum atomic E-state index is 0.687. The summed E-state index contributed by atoms with van der Waals surface area (Å²) in [7, 11) is 0. The largest absolute Gasteiger partial charge is 0.360 e. The molecule has 7 heteroatoms. The molecule has 4 nitrogen and oxygen atoms in total. The fourth-order valence-corrected chi connectivity index (χ4v) is 4.35. The summed E-state index contributed by atoms with van der Waals surface area (Å²) in [6.45, 7) is 0.870. The zero-order chi connectivity index (χ0) is 15.9. The number of nitrogens with one attached hydrogen (secondary N) is 1. The van der Waals surface area contributed by atoms with E-state index >= 15 is 0 Å². The molecule has 0 fully saturated rings. The van der Waals surface area contributed by atoms with Crippen LogP contribution in [-0.2, 0) is 12.2 Å². The highest BCUT2D eigenvalue weighted by Crippen LogP contribution is 2.28. The Morgan fingerprint density at radius 2 is 2.04 bits per heavy atom. The molecule has 0 aliphatic rings. The first-order valence-corrected chi connectivity index (χ1v) is 9.73. The monoisotopic (exact) mass is 358 g/mol. The second-order valence-corrected chi connectivity index (χ2v) is 7.96. The molecule has 2 aromatic heterocycles. The van der Waals surface area contributed by atoms with Gasteiger partial charge in [0, 0.05) is 17.2 Å². The Balaban J connectivity index is 1.46. The summed E-state index contributed by atoms with van der Waals surface area (Å²) in [6, 6.07) is 14.0. The van der Waals surface area contributed by atoms with Crippen molar-refractivity contribution in [3.05, 3.63) is 57.8 Å². The first kappa shape index (κ1) is 16.0. The van der Waals surface area contributed by atoms with Crippen LogP contribution in [0.3, 0.4) is 0 Å². The van der Waals surface area contributed by atoms with E-state index in [1.807, 2.05) is 24.3 Å². The van der Waals surface area contributed by atoms with Crippen molar-refractivity contribution in [2.24, 2.45) is 0 Å². The molecule has 0 spiro atoms. The van der Waals surface area contributed by atoms with E-state index in [9.17, 15) is 0 Å². The zero-order valence-corrected chi connectivity index (χ0v) is 14.7. The van der Waals surface area contributed by atoms with E-state index in [4.69, 9.17) is 5.26 Å². The molecule has 1 N–H and O–H groups in total. The molecule has 0 aliphatic heterocycles. The summed E-state index contributed by atoms with van der Waals surface area (Å²) >= 11 is 5.02. The smallest absolute Gasteiger partial charge is 0.206 e. The van der Waals surface area contributed by atoms with Crippen molar-refractivity contribution < 1.29 is 0 Å². The molecule has 2 heterocycles. The molecular weight excluding hydrogens is 344 g/mol. The summed E-state index contributed by atoms with van der Waals surface area (Å²) in [5.74, 6) is 0.829. The number of hydrogen-bond acceptors (Lipinski definition) is 7. The summed E-state index contributed by atoms with van der Waals surface area (Å²) in [6.07, 6.45) is 1.00. The number of hydrogen-bond donors (Lipinski definition) is 1. The van der Waals surface area contributed by atoms with Gasteiger partial charge in [-0.05, 0) is 35.6 Å². The van der Waals surface area contributed by atoms with Gasteiger partial charge in [-0.15, -0.1) is 21.5 Å². The molecule has 0 amide bonds. The Hall–Kier alpha value is -1.88. The molecule has 0 saturated heterocycles. The molecule has 1 aromatic carbocycles. The lowest BCUT2D eigenvalue weighted by Gasteiger charge is -1.99. The van der Waals surface area contributed by atoms with Gasteiger partial charge in [0.05, 0.1) is 11.6 Å². The average Bonchev–Trinajstić information content (AvgIpc) is 3.25. The number of thiophene rings is 1. The number of benzene rings is 1. The number of nitrogens with zero attached hydrogens (tertiary/aromatic N) is 3. The van der Waals surface area contributed by atoms with Crippen molar-refractivity contribution in [3.63, 3.8) is 0 Å². The zero-order valence-electron chi connectivity index (χ0n) is 12.2. The average molecular weight is 359 g/mol. The van der Waals surface area contributed by atoms with Crippen LogP contribution < -0.4 is 5.32 Å². The topological polar surface area (TPSA) is 61.6 Å². The van der Waals surface area contributed by atoms with Crippen LogP contribution in [0.5, 0.6) is 0 Å². The molecule has 0 unspecified atom stereocenters. The maximum atomic E-state index is 8.79. The van der Waals surface area contributed by atoms with Gasteiger partial charge < -0.3 is 5.32 Å². The predicted octanol–water partition coefficient (Wildman–Crippen LogP) is 4.42. The van der Waals surface area contributed by atoms with E-state index in [0.29, 0.717) is 5.56 Å². The molecule has 0 atom stereocenters. The van der Waals surface area contributed by atoms with Gasteiger partial charge in [0.1, 0.15) is 0 Å². The van der Waals surface area contributed by atoms with Gasteiger partial charge in [-0.2, -0.15) is 5.26 Å². The molecule has 0 aliphatic carbocycles. The van der Waals surface area contributed by atoms with E-state index in [2.05, 4.69) is 39.1 Å². The maximum absolute atomic E-state index is 8.79. The molecule has 3 aromatic rings. The lowest BCUT2D eigenvalue weighted by molar-refractivity contribution is 0.980. The van der Waals surface area contributed by atoms with Gasteiger partial charge >= 0.3 is 0 Å². The quantitative estimate of drug-likeness (QED) is 0.634. The van der Waals surface area contributed by atoms with E-state index in [1.165, 1.54) is 10.4 Å². The summed E-state index contributed by atoms with van der Waals surface area (Å²) in [4.78, 5) is 1.37. The SMILES string of the molecule is N#Cc1ccc(CSc2nnc(NCCc3cccs3)s2)cc1. The Labute approximate surface area is 147 Å². The van der Waals surface area contributed by atoms with E-state index in [-0.39, 0.29) is 0 Å². The molecule has 0 bridgehead atoms. The second-order valence-electron chi connectivity index (χ2n) is 4.73. The number of rotatable bonds is 7. The maximum Gasteiger partial charge on any atom is 0.206 e. The van der Waals surface area contributed by atoms with Crippen LogP contribution in [0.4, 0.5) is 5.13 Å². The third kappa shape index (κ3) is 4.79. The fourth-order valence-electron chi connectivity index (χ4n) is 1.91. The molecule has 3 rings (SSSR count). The molecule has 23 heavy (non-hydrogen) atoms. The third-order valence-corrected chi connectivity index (χ3v) is 6.10. The van der Waals surface area contributed by atoms with Crippen LogP contribution >= 0.6 is 34.4 Å². The summed E-state index contributed by atoms with van der Waals surface area (Å²) in [5.41, 5.74) is 1.86. The standard InChI is InChI=1S/C16H14N4S3/c17-10-12-3-5-13(6-4-12)11-22-16-20-19-15(23-16)18-8-7-14-2-1-9-21-14/h1-6,9H,7-8,11H2,(H,18,19). The third-order valence-electron chi connectivity index (χ3n) is 3.08. The number of aromatic nitrogens is 2. The van der Waals surface area contributed by atoms with Crippen LogP contribution in [0.2, 0.25) is 0 Å². The van der Waals surface area contributed by atoms with Crippen molar-refractivity contribution in [3.8, 4) is 6.07 Å². The van der Waals surface area contributed by atoms with E-state index in [0.717, 1.165) is 28.2 Å². The normalized spacial score (nSPS) is 10.4. The molecular formula is C16H14N4S3. The number of anilines is 1. The molecule has 0 radical (unpaired) electrons. The van der Waals surface area contributed by atoms with Crippen molar-refractivity contribution in [1.82, 2.24) is 10.2 Å². The van der Waals surface area contributed by atoms with E-state index in [1.54, 1.807) is 34.4 Å². The number of nitriles is 1. The van der Waals surface area contributed by atoms with Crippen LogP contribution in [0.1, 0.15) is 16.0 Å². The molecule has 116 valence electrons. The van der Waals surface area contributed by atoms with Crippen LogP contribution in [-0.4, -0.2) is 16.7 Å². The highest BCUT2D eigenvalue weighted by Gasteiger charge is 2.05. The lowest BCUT2D eigenvalue weighted by Crippen LogP contribution is -2.03. The van der Waals surface area contributed by atoms with Gasteiger partial charge in [-0.25, -0.2) is 0 Å². The lowest BCUT2D eigenvalue weighted by atomic mass is 10.2. The van der Waals surface area contributed by atoms with Crippen molar-refractivity contribution in [1.29, 1.82) is 5.26 Å². The van der Waals surface area contributed by atoms with Crippen LogP contribution in [0.25, 0.3) is 0 Å². The summed E-state index contributed by atoms with van der Waals surface area (Å²) < 4.78 is 0.952. The van der Waals surface area contributed by atoms with Gasteiger partial charge in [0.15, 0.2) is 4.34 Å². The van der Waals surface area contributed by atoms with Gasteiger partial charge in [0.25, 0.3) is 0 Å². The minimum Gasteiger partial charge on any atom is -0.360 e. The van der Waals surface area contributed by atoms with Crippen molar-refractivity contribution >= 4 is 39.6 Å². The first-order chi connectivity index (χ1) is 11.3. The Bertz CT molecular complexity index is 773.